The van der Waals surface area contributed by atoms with Crippen LogP contribution in [0.4, 0.5) is 11.4 Å². The number of benzene rings is 2. The Morgan fingerprint density at radius 3 is 2.96 bits per heavy atom. The van der Waals surface area contributed by atoms with Gasteiger partial charge in [-0.3, -0.25) is 9.59 Å². The first-order chi connectivity index (χ1) is 13.7. The van der Waals surface area contributed by atoms with E-state index in [-0.39, 0.29) is 30.7 Å². The maximum absolute atomic E-state index is 12.4. The quantitative estimate of drug-likeness (QED) is 0.802. The maximum atomic E-state index is 12.4. The number of hydrogen-bond donors (Lipinski definition) is 2. The Hall–Kier alpha value is -3.48. The number of anilines is 2. The SMILES string of the molecule is O=C(/C=C/c1ccc2c(c1)OCO2)N[C@@H]1C[C@@H]2C(=O)Nc3ccccc3N2C1. The van der Waals surface area contributed by atoms with Crippen molar-refractivity contribution in [3.8, 4) is 11.5 Å². The predicted octanol–water partition coefficient (Wildman–Crippen LogP) is 2.14. The third kappa shape index (κ3) is 2.94. The molecule has 5 rings (SSSR count). The van der Waals surface area contributed by atoms with Gasteiger partial charge in [-0.2, -0.15) is 0 Å². The first-order valence-corrected chi connectivity index (χ1v) is 9.22. The van der Waals surface area contributed by atoms with Gasteiger partial charge in [0.25, 0.3) is 0 Å². The Morgan fingerprint density at radius 2 is 2.04 bits per heavy atom. The highest BCUT2D eigenvalue weighted by molar-refractivity contribution is 6.04. The van der Waals surface area contributed by atoms with Crippen LogP contribution in [-0.4, -0.2) is 37.2 Å². The standard InChI is InChI=1S/C21H19N3O4/c25-20(8-6-13-5-7-18-19(9-13)28-12-27-18)22-14-10-17-21(26)23-15-3-1-2-4-16(15)24(17)11-14/h1-9,14,17H,10-12H2,(H,22,25)(H,23,26)/b8-6+/t14-,17-/m1/s1. The smallest absolute Gasteiger partial charge is 0.247 e. The van der Waals surface area contributed by atoms with Crippen molar-refractivity contribution in [1.29, 1.82) is 0 Å². The highest BCUT2D eigenvalue weighted by atomic mass is 16.7. The van der Waals surface area contributed by atoms with Gasteiger partial charge in [0.1, 0.15) is 6.04 Å². The van der Waals surface area contributed by atoms with Crippen molar-refractivity contribution in [1.82, 2.24) is 5.32 Å². The molecule has 0 spiro atoms. The molecule has 2 aromatic rings. The lowest BCUT2D eigenvalue weighted by Gasteiger charge is -2.32. The molecule has 0 unspecified atom stereocenters. The third-order valence-electron chi connectivity index (χ3n) is 5.25. The van der Waals surface area contributed by atoms with Crippen LogP contribution >= 0.6 is 0 Å². The zero-order valence-corrected chi connectivity index (χ0v) is 15.1. The van der Waals surface area contributed by atoms with Gasteiger partial charge in [-0.05, 0) is 42.3 Å². The molecule has 28 heavy (non-hydrogen) atoms. The molecule has 0 radical (unpaired) electrons. The number of carbonyl (C=O) groups excluding carboxylic acids is 2. The van der Waals surface area contributed by atoms with Crippen molar-refractivity contribution in [2.75, 3.05) is 23.6 Å². The minimum Gasteiger partial charge on any atom is -0.454 e. The molecule has 1 saturated heterocycles. The summed E-state index contributed by atoms with van der Waals surface area (Å²) in [7, 11) is 0. The second-order valence-electron chi connectivity index (χ2n) is 7.06. The van der Waals surface area contributed by atoms with Crippen LogP contribution in [0.25, 0.3) is 6.08 Å². The number of nitrogens with one attached hydrogen (secondary N) is 2. The van der Waals surface area contributed by atoms with Gasteiger partial charge < -0.3 is 25.0 Å². The van der Waals surface area contributed by atoms with Crippen LogP contribution < -0.4 is 25.0 Å². The number of fused-ring (bicyclic) bond motifs is 4. The summed E-state index contributed by atoms with van der Waals surface area (Å²) in [6.45, 7) is 0.831. The molecule has 0 saturated carbocycles. The zero-order valence-electron chi connectivity index (χ0n) is 15.1. The van der Waals surface area contributed by atoms with Crippen molar-refractivity contribution in [3.05, 3.63) is 54.1 Å². The molecule has 2 atom stereocenters. The number of para-hydroxylation sites is 2. The Kier molecular flexibility index (Phi) is 3.93. The Balaban J connectivity index is 1.25. The maximum Gasteiger partial charge on any atom is 0.247 e. The van der Waals surface area contributed by atoms with Crippen LogP contribution in [0.1, 0.15) is 12.0 Å². The Labute approximate surface area is 161 Å². The van der Waals surface area contributed by atoms with Gasteiger partial charge in [-0.15, -0.1) is 0 Å². The second-order valence-corrected chi connectivity index (χ2v) is 7.06. The van der Waals surface area contributed by atoms with Crippen molar-refractivity contribution in [2.24, 2.45) is 0 Å². The minimum atomic E-state index is -0.252. The molecule has 7 nitrogen and oxygen atoms in total. The summed E-state index contributed by atoms with van der Waals surface area (Å²) in [6, 6.07) is 12.9. The second kappa shape index (κ2) is 6.60. The normalized spacial score (nSPS) is 22.0. The molecule has 3 heterocycles. The summed E-state index contributed by atoms with van der Waals surface area (Å²) < 4.78 is 10.6. The van der Waals surface area contributed by atoms with Crippen LogP contribution in [-0.2, 0) is 9.59 Å². The summed E-state index contributed by atoms with van der Waals surface area (Å²) in [6.07, 6.45) is 3.83. The predicted molar refractivity (Wildman–Crippen MR) is 104 cm³/mol. The molecule has 3 aliphatic rings. The number of amides is 2. The summed E-state index contributed by atoms with van der Waals surface area (Å²) in [4.78, 5) is 26.8. The van der Waals surface area contributed by atoms with Gasteiger partial charge in [0.15, 0.2) is 11.5 Å². The molecule has 7 heteroatoms. The van der Waals surface area contributed by atoms with Crippen LogP contribution in [0, 0.1) is 0 Å². The minimum absolute atomic E-state index is 0.0219. The summed E-state index contributed by atoms with van der Waals surface area (Å²) in [5.41, 5.74) is 2.68. The van der Waals surface area contributed by atoms with Gasteiger partial charge in [0, 0.05) is 18.7 Å². The van der Waals surface area contributed by atoms with Crippen LogP contribution in [0.15, 0.2) is 48.5 Å². The molecule has 3 aliphatic heterocycles. The van der Waals surface area contributed by atoms with E-state index >= 15 is 0 Å². The van der Waals surface area contributed by atoms with Gasteiger partial charge >= 0.3 is 0 Å². The fraction of sp³-hybridized carbons (Fsp3) is 0.238. The molecule has 2 N–H and O–H groups in total. The monoisotopic (exact) mass is 377 g/mol. The van der Waals surface area contributed by atoms with E-state index < -0.39 is 0 Å². The van der Waals surface area contributed by atoms with Gasteiger partial charge in [0.2, 0.25) is 18.6 Å². The van der Waals surface area contributed by atoms with E-state index in [2.05, 4.69) is 15.5 Å². The molecule has 2 aromatic carbocycles. The number of hydrogen-bond acceptors (Lipinski definition) is 5. The number of ether oxygens (including phenoxy) is 2. The Morgan fingerprint density at radius 1 is 1.18 bits per heavy atom. The molecular formula is C21H19N3O4. The zero-order chi connectivity index (χ0) is 19.1. The number of carbonyl (C=O) groups is 2. The van der Waals surface area contributed by atoms with E-state index in [1.165, 1.54) is 6.08 Å². The first-order valence-electron chi connectivity index (χ1n) is 9.22. The fourth-order valence-electron chi connectivity index (χ4n) is 3.94. The number of rotatable bonds is 3. The highest BCUT2D eigenvalue weighted by Crippen LogP contribution is 2.36. The summed E-state index contributed by atoms with van der Waals surface area (Å²) in [5, 5.41) is 5.95. The lowest BCUT2D eigenvalue weighted by molar-refractivity contribution is -0.118. The van der Waals surface area contributed by atoms with Gasteiger partial charge in [0.05, 0.1) is 11.4 Å². The van der Waals surface area contributed by atoms with Crippen molar-refractivity contribution in [2.45, 2.75) is 18.5 Å². The van der Waals surface area contributed by atoms with Crippen molar-refractivity contribution >= 4 is 29.3 Å². The Bertz CT molecular complexity index is 987. The molecular weight excluding hydrogens is 358 g/mol. The van der Waals surface area contributed by atoms with Crippen molar-refractivity contribution < 1.29 is 19.1 Å². The molecule has 2 amide bonds. The summed E-state index contributed by atoms with van der Waals surface area (Å²) in [5.74, 6) is 1.19. The third-order valence-corrected chi connectivity index (χ3v) is 5.25. The summed E-state index contributed by atoms with van der Waals surface area (Å²) >= 11 is 0. The van der Waals surface area contributed by atoms with E-state index in [4.69, 9.17) is 9.47 Å². The van der Waals surface area contributed by atoms with E-state index in [9.17, 15) is 9.59 Å². The topological polar surface area (TPSA) is 79.9 Å². The van der Waals surface area contributed by atoms with Crippen molar-refractivity contribution in [3.63, 3.8) is 0 Å². The molecule has 1 fully saturated rings. The average molecular weight is 377 g/mol. The van der Waals surface area contributed by atoms with Gasteiger partial charge in [-0.1, -0.05) is 18.2 Å². The van der Waals surface area contributed by atoms with E-state index in [0.717, 1.165) is 16.9 Å². The lowest BCUT2D eigenvalue weighted by Crippen LogP contribution is -2.43. The number of nitrogens with zero attached hydrogens (tertiary/aromatic N) is 1. The molecule has 142 valence electrons. The molecule has 0 aliphatic carbocycles. The van der Waals surface area contributed by atoms with E-state index in [1.807, 2.05) is 42.5 Å². The fourth-order valence-corrected chi connectivity index (χ4v) is 3.94. The largest absolute Gasteiger partial charge is 0.454 e. The molecule has 0 aromatic heterocycles. The average Bonchev–Trinajstić information content (AvgIpc) is 3.33. The van der Waals surface area contributed by atoms with E-state index in [1.54, 1.807) is 6.08 Å². The highest BCUT2D eigenvalue weighted by Gasteiger charge is 2.41. The van der Waals surface area contributed by atoms with Gasteiger partial charge in [-0.25, -0.2) is 0 Å². The van der Waals surface area contributed by atoms with E-state index in [0.29, 0.717) is 24.5 Å². The van der Waals surface area contributed by atoms with Crippen LogP contribution in [0.5, 0.6) is 11.5 Å². The molecule has 0 bridgehead atoms. The lowest BCUT2D eigenvalue weighted by atomic mass is 10.1. The van der Waals surface area contributed by atoms with Crippen LogP contribution in [0.3, 0.4) is 0 Å². The first kappa shape index (κ1) is 16.7. The van der Waals surface area contributed by atoms with Crippen LogP contribution in [0.2, 0.25) is 0 Å².